The number of carbonyl (C=O) groups excluding carboxylic acids is 2. The maximum absolute atomic E-state index is 14.7. The average Bonchev–Trinajstić information content (AvgIpc) is 3.09. The molecule has 0 bridgehead atoms. The number of hydrogen-bond donors (Lipinski definition) is 1. The summed E-state index contributed by atoms with van der Waals surface area (Å²) >= 11 is 0. The number of nitrogens with zero attached hydrogens (tertiary/aromatic N) is 1. The van der Waals surface area contributed by atoms with Crippen molar-refractivity contribution in [3.05, 3.63) is 28.9 Å². The lowest BCUT2D eigenvalue weighted by Crippen LogP contribution is -2.34. The molecule has 2 unspecified atom stereocenters. The third kappa shape index (κ3) is 3.50. The molecule has 0 radical (unpaired) electrons. The van der Waals surface area contributed by atoms with Gasteiger partial charge in [-0.05, 0) is 57.7 Å². The van der Waals surface area contributed by atoms with E-state index >= 15 is 0 Å². The quantitative estimate of drug-likeness (QED) is 0.859. The molecule has 0 saturated heterocycles. The number of aldehydes is 1. The molecule has 2 atom stereocenters. The van der Waals surface area contributed by atoms with E-state index in [9.17, 15) is 14.0 Å². The van der Waals surface area contributed by atoms with E-state index in [1.165, 1.54) is 0 Å². The van der Waals surface area contributed by atoms with Gasteiger partial charge >= 0.3 is 6.09 Å². The van der Waals surface area contributed by atoms with E-state index < -0.39 is 23.6 Å². The van der Waals surface area contributed by atoms with Gasteiger partial charge in [0, 0.05) is 5.92 Å². The molecule has 6 nitrogen and oxygen atoms in total. The Balaban J connectivity index is 1.84. The second-order valence-electron chi connectivity index (χ2n) is 7.40. The number of nitrogens with one attached hydrogen (secondary N) is 1. The highest BCUT2D eigenvalue weighted by Crippen LogP contribution is 2.34. The first kappa shape index (κ1) is 17.4. The molecule has 1 N–H and O–H groups in total. The summed E-state index contributed by atoms with van der Waals surface area (Å²) in [5.74, 6) is -0.460. The van der Waals surface area contributed by atoms with Crippen LogP contribution in [-0.4, -0.2) is 23.0 Å². The van der Waals surface area contributed by atoms with Gasteiger partial charge in [-0.3, -0.25) is 0 Å². The van der Waals surface area contributed by atoms with Gasteiger partial charge in [0.15, 0.2) is 11.4 Å². The highest BCUT2D eigenvalue weighted by atomic mass is 19.1. The predicted molar refractivity (Wildman–Crippen MR) is 88.7 cm³/mol. The molecule has 0 spiro atoms. The third-order valence-corrected chi connectivity index (χ3v) is 4.08. The fraction of sp³-hybridized carbons (Fsp3) is 0.500. The summed E-state index contributed by atoms with van der Waals surface area (Å²) in [6, 6.07) is 1.18. The second-order valence-corrected chi connectivity index (χ2v) is 7.40. The standard InChI is InChI=1S/C18H21FN2O4/c1-9(20-17(23)25-18(2,3)4)16-21-13-7-11-5-10(8-22)6-12(11)14(19)15(13)24-16/h7-10H,5-6H2,1-4H3,(H,20,23). The zero-order valence-electron chi connectivity index (χ0n) is 14.7. The van der Waals surface area contributed by atoms with E-state index in [-0.39, 0.29) is 17.4 Å². The summed E-state index contributed by atoms with van der Waals surface area (Å²) in [6.07, 6.45) is 1.15. The van der Waals surface area contributed by atoms with Crippen LogP contribution in [0, 0.1) is 11.7 Å². The Labute approximate surface area is 144 Å². The van der Waals surface area contributed by atoms with Gasteiger partial charge in [0.05, 0.1) is 0 Å². The molecule has 1 amide bonds. The number of alkyl carbamates (subject to hydrolysis) is 1. The third-order valence-electron chi connectivity index (χ3n) is 4.08. The van der Waals surface area contributed by atoms with Gasteiger partial charge in [-0.15, -0.1) is 0 Å². The minimum Gasteiger partial charge on any atom is -0.444 e. The van der Waals surface area contributed by atoms with Crippen molar-refractivity contribution in [2.75, 3.05) is 0 Å². The first-order valence-electron chi connectivity index (χ1n) is 8.23. The SMILES string of the molecule is CC(NC(=O)OC(C)(C)C)c1nc2cc3c(c(F)c2o1)CC(C=O)C3. The Bertz CT molecular complexity index is 838. The molecule has 0 saturated carbocycles. The van der Waals surface area contributed by atoms with E-state index in [4.69, 9.17) is 9.15 Å². The van der Waals surface area contributed by atoms with Gasteiger partial charge in [0.2, 0.25) is 5.89 Å². The summed E-state index contributed by atoms with van der Waals surface area (Å²) in [5.41, 5.74) is 1.12. The smallest absolute Gasteiger partial charge is 0.408 e. The Kier molecular flexibility index (Phi) is 4.26. The van der Waals surface area contributed by atoms with Gasteiger partial charge in [0.1, 0.15) is 23.4 Å². The van der Waals surface area contributed by atoms with Crippen molar-refractivity contribution in [3.8, 4) is 0 Å². The molecule has 0 fully saturated rings. The van der Waals surface area contributed by atoms with E-state index in [0.717, 1.165) is 11.8 Å². The van der Waals surface area contributed by atoms with Crippen molar-refractivity contribution in [1.82, 2.24) is 10.3 Å². The minimum absolute atomic E-state index is 0.0538. The molecule has 1 aromatic carbocycles. The Morgan fingerprint density at radius 3 is 2.84 bits per heavy atom. The maximum Gasteiger partial charge on any atom is 0.408 e. The summed E-state index contributed by atoms with van der Waals surface area (Å²) in [7, 11) is 0. The number of hydrogen-bond acceptors (Lipinski definition) is 5. The van der Waals surface area contributed by atoms with Crippen LogP contribution in [-0.2, 0) is 22.4 Å². The van der Waals surface area contributed by atoms with Crippen LogP contribution in [0.2, 0.25) is 0 Å². The van der Waals surface area contributed by atoms with Crippen molar-refractivity contribution in [1.29, 1.82) is 0 Å². The van der Waals surface area contributed by atoms with E-state index in [1.807, 2.05) is 0 Å². The van der Waals surface area contributed by atoms with Crippen LogP contribution in [0.25, 0.3) is 11.1 Å². The number of carbonyl (C=O) groups is 2. The Morgan fingerprint density at radius 1 is 1.48 bits per heavy atom. The predicted octanol–water partition coefficient (Wildman–Crippen LogP) is 3.47. The summed E-state index contributed by atoms with van der Waals surface area (Å²) in [6.45, 7) is 6.98. The zero-order valence-corrected chi connectivity index (χ0v) is 14.7. The van der Waals surface area contributed by atoms with Crippen LogP contribution < -0.4 is 5.32 Å². The number of benzene rings is 1. The highest BCUT2D eigenvalue weighted by molar-refractivity contribution is 5.77. The van der Waals surface area contributed by atoms with Crippen LogP contribution in [0.1, 0.15) is 50.8 Å². The minimum atomic E-state index is -0.618. The first-order chi connectivity index (χ1) is 11.7. The number of rotatable bonds is 3. The van der Waals surface area contributed by atoms with Crippen molar-refractivity contribution in [2.24, 2.45) is 5.92 Å². The van der Waals surface area contributed by atoms with E-state index in [1.54, 1.807) is 33.8 Å². The normalized spacial score (nSPS) is 18.0. The number of fused-ring (bicyclic) bond motifs is 2. The molecule has 1 aliphatic rings. The first-order valence-corrected chi connectivity index (χ1v) is 8.23. The molecule has 134 valence electrons. The Hall–Kier alpha value is -2.44. The molecule has 25 heavy (non-hydrogen) atoms. The van der Waals surface area contributed by atoms with Gasteiger partial charge < -0.3 is 19.3 Å². The second kappa shape index (κ2) is 6.13. The van der Waals surface area contributed by atoms with Crippen molar-refractivity contribution in [3.63, 3.8) is 0 Å². The average molecular weight is 348 g/mol. The van der Waals surface area contributed by atoms with Crippen LogP contribution in [0.3, 0.4) is 0 Å². The number of oxazole rings is 1. The number of halogens is 1. The molecular formula is C18H21FN2O4. The molecule has 1 aliphatic carbocycles. The monoisotopic (exact) mass is 348 g/mol. The van der Waals surface area contributed by atoms with Gasteiger partial charge in [-0.25, -0.2) is 14.2 Å². The number of amides is 1. The van der Waals surface area contributed by atoms with Crippen molar-refractivity contribution in [2.45, 2.75) is 52.2 Å². The number of ether oxygens (including phenoxy) is 1. The Morgan fingerprint density at radius 2 is 2.20 bits per heavy atom. The van der Waals surface area contributed by atoms with Gasteiger partial charge in [0.25, 0.3) is 0 Å². The van der Waals surface area contributed by atoms with Crippen LogP contribution in [0.4, 0.5) is 9.18 Å². The molecule has 1 heterocycles. The zero-order chi connectivity index (χ0) is 18.4. The van der Waals surface area contributed by atoms with Crippen LogP contribution in [0.5, 0.6) is 0 Å². The van der Waals surface area contributed by atoms with Crippen molar-refractivity contribution < 1.29 is 23.1 Å². The summed E-state index contributed by atoms with van der Waals surface area (Å²) in [4.78, 5) is 27.1. The highest BCUT2D eigenvalue weighted by Gasteiger charge is 2.28. The fourth-order valence-electron chi connectivity index (χ4n) is 2.98. The van der Waals surface area contributed by atoms with E-state index in [0.29, 0.717) is 23.9 Å². The van der Waals surface area contributed by atoms with Crippen LogP contribution >= 0.6 is 0 Å². The molecule has 3 rings (SSSR count). The topological polar surface area (TPSA) is 81.4 Å². The van der Waals surface area contributed by atoms with E-state index in [2.05, 4.69) is 10.3 Å². The maximum atomic E-state index is 14.7. The molecular weight excluding hydrogens is 327 g/mol. The molecule has 7 heteroatoms. The summed E-state index contributed by atoms with van der Waals surface area (Å²) < 4.78 is 25.4. The molecule has 1 aromatic heterocycles. The van der Waals surface area contributed by atoms with Crippen molar-refractivity contribution >= 4 is 23.5 Å². The van der Waals surface area contributed by atoms with Gasteiger partial charge in [-0.1, -0.05) is 0 Å². The lowest BCUT2D eigenvalue weighted by Gasteiger charge is -2.20. The number of aromatic nitrogens is 1. The summed E-state index contributed by atoms with van der Waals surface area (Å²) in [5, 5.41) is 2.62. The largest absolute Gasteiger partial charge is 0.444 e. The lowest BCUT2D eigenvalue weighted by atomic mass is 10.1. The molecule has 2 aromatic rings. The molecule has 0 aliphatic heterocycles. The lowest BCUT2D eigenvalue weighted by molar-refractivity contribution is -0.110. The fourth-order valence-corrected chi connectivity index (χ4v) is 2.98. The van der Waals surface area contributed by atoms with Gasteiger partial charge in [-0.2, -0.15) is 0 Å². The van der Waals surface area contributed by atoms with Crippen LogP contribution in [0.15, 0.2) is 10.5 Å².